The molecule has 4 aromatic heterocycles. The Balaban J connectivity index is 1.22. The number of oxime groups is 1. The van der Waals surface area contributed by atoms with Crippen LogP contribution in [0.4, 0.5) is 5.13 Å². The maximum absolute atomic E-state index is 13.6. The monoisotopic (exact) mass is 757 g/mol. The van der Waals surface area contributed by atoms with Gasteiger partial charge in [0, 0.05) is 51.2 Å². The van der Waals surface area contributed by atoms with Crippen molar-refractivity contribution in [3.63, 3.8) is 0 Å². The summed E-state index contributed by atoms with van der Waals surface area (Å²) < 4.78 is 3.94. The van der Waals surface area contributed by atoms with E-state index in [0.717, 1.165) is 27.1 Å². The molecule has 2 aliphatic rings. The Morgan fingerprint density at radius 2 is 2.04 bits per heavy atom. The molecule has 0 bridgehead atoms. The quantitative estimate of drug-likeness (QED) is 0.0437. The summed E-state index contributed by atoms with van der Waals surface area (Å²) in [6.45, 7) is 3.26. The van der Waals surface area contributed by atoms with Crippen molar-refractivity contribution >= 4 is 97.2 Å². The number of hydrogen-bond donors (Lipinski definition) is 5. The van der Waals surface area contributed by atoms with Crippen LogP contribution in [-0.2, 0) is 37.1 Å². The average Bonchev–Trinajstić information content (AvgIpc) is 3.78. The number of carboxylic acids is 2. The number of amidine groups is 1. The van der Waals surface area contributed by atoms with Gasteiger partial charge >= 0.3 is 11.9 Å². The molecule has 2 atom stereocenters. The van der Waals surface area contributed by atoms with Crippen LogP contribution in [0.2, 0.25) is 4.34 Å². The highest BCUT2D eigenvalue weighted by atomic mass is 35.5. The number of anilines is 1. The minimum Gasteiger partial charge on any atom is -0.478 e. The summed E-state index contributed by atoms with van der Waals surface area (Å²) in [5, 5.41) is 33.4. The van der Waals surface area contributed by atoms with Crippen molar-refractivity contribution in [3.05, 3.63) is 73.9 Å². The molecule has 260 valence electrons. The summed E-state index contributed by atoms with van der Waals surface area (Å²) in [6.07, 6.45) is 5.35. The van der Waals surface area contributed by atoms with Gasteiger partial charge in [0.1, 0.15) is 27.1 Å². The molecular weight excluding hydrogens is 728 g/mol. The molecule has 0 aromatic carbocycles. The Hall–Kier alpha value is -4.78. The van der Waals surface area contributed by atoms with Gasteiger partial charge in [0.2, 0.25) is 11.5 Å². The van der Waals surface area contributed by atoms with E-state index in [4.69, 9.17) is 33.3 Å². The van der Waals surface area contributed by atoms with E-state index < -0.39 is 46.2 Å². The van der Waals surface area contributed by atoms with Gasteiger partial charge in [-0.1, -0.05) is 28.1 Å². The number of pyridine rings is 1. The van der Waals surface area contributed by atoms with Crippen molar-refractivity contribution in [1.29, 1.82) is 5.41 Å². The van der Waals surface area contributed by atoms with Gasteiger partial charge in [-0.05, 0) is 26.0 Å². The number of thiophene rings is 1. The highest BCUT2D eigenvalue weighted by molar-refractivity contribution is 8.00. The van der Waals surface area contributed by atoms with Crippen molar-refractivity contribution < 1.29 is 38.8 Å². The molecule has 1 fully saturated rings. The van der Waals surface area contributed by atoms with Crippen LogP contribution in [-0.4, -0.2) is 76.6 Å². The predicted octanol–water partition coefficient (Wildman–Crippen LogP) is 3.13. The first kappa shape index (κ1) is 35.1. The maximum atomic E-state index is 13.6. The van der Waals surface area contributed by atoms with Gasteiger partial charge in [0.15, 0.2) is 35.6 Å². The molecule has 0 aliphatic carbocycles. The van der Waals surface area contributed by atoms with Gasteiger partial charge in [-0.25, -0.2) is 14.6 Å². The lowest BCUT2D eigenvalue weighted by Gasteiger charge is -2.49. The second-order valence-electron chi connectivity index (χ2n) is 12.0. The van der Waals surface area contributed by atoms with Crippen molar-refractivity contribution in [2.24, 2.45) is 16.8 Å². The molecule has 4 aromatic rings. The summed E-state index contributed by atoms with van der Waals surface area (Å²) in [7, 11) is 0. The van der Waals surface area contributed by atoms with Crippen LogP contribution in [0, 0.1) is 11.3 Å². The van der Waals surface area contributed by atoms with Gasteiger partial charge in [0.25, 0.3) is 0 Å². The number of aromatic nitrogens is 3. The van der Waals surface area contributed by atoms with Crippen LogP contribution in [0.3, 0.4) is 0 Å². The number of rotatable bonds is 13. The average molecular weight is 758 g/mol. The van der Waals surface area contributed by atoms with Crippen LogP contribution >= 0.6 is 46.0 Å². The molecule has 0 radical (unpaired) electrons. The summed E-state index contributed by atoms with van der Waals surface area (Å²) in [6, 6.07) is 5.79. The first-order chi connectivity index (χ1) is 23.6. The number of carboxylic acid groups (broad SMARTS) is 2. The Labute approximate surface area is 301 Å². The van der Waals surface area contributed by atoms with Gasteiger partial charge in [-0.2, -0.15) is 4.57 Å². The normalized spacial score (nSPS) is 17.9. The zero-order valence-corrected chi connectivity index (χ0v) is 29.7. The number of nitrogens with two attached hydrogens (primary N) is 2. The van der Waals surface area contributed by atoms with Crippen LogP contribution in [0.5, 0.6) is 0 Å². The molecule has 7 N–H and O–H groups in total. The molecule has 1 saturated heterocycles. The SMILES string of the molecule is CC(C)(O/N=C(\C(=O)C[C@@H]1C(=O)N2C(C(=O)O)=C(C[n+]3ccc4ccn(Cc5cc(C(=N)N)cs5)c4c3)CS[C@H]12)c1nc(N)sc1Cl)C(=O)O. The van der Waals surface area contributed by atoms with Crippen molar-refractivity contribution in [3.8, 4) is 0 Å². The molecule has 50 heavy (non-hydrogen) atoms. The topological polar surface area (TPSA) is 231 Å². The van der Waals surface area contributed by atoms with Crippen LogP contribution in [0.1, 0.15) is 36.4 Å². The minimum absolute atomic E-state index is 0.00729. The van der Waals surface area contributed by atoms with Crippen molar-refractivity contribution in [2.75, 3.05) is 11.5 Å². The number of aliphatic carboxylic acids is 2. The number of ketones is 1. The highest BCUT2D eigenvalue weighted by Gasteiger charge is 2.54. The van der Waals surface area contributed by atoms with E-state index in [1.807, 2.05) is 46.7 Å². The number of carbonyl (C=O) groups is 4. The third-order valence-electron chi connectivity index (χ3n) is 8.17. The van der Waals surface area contributed by atoms with E-state index >= 15 is 0 Å². The van der Waals surface area contributed by atoms with E-state index in [1.54, 1.807) is 0 Å². The number of nitrogens with one attached hydrogen (secondary N) is 1. The zero-order chi connectivity index (χ0) is 36.1. The number of Topliss-reactive ketones (excluding diaryl/α,β-unsaturated/α-hetero) is 1. The second kappa shape index (κ2) is 13.5. The fourth-order valence-electron chi connectivity index (χ4n) is 5.52. The highest BCUT2D eigenvalue weighted by Crippen LogP contribution is 2.45. The molecule has 2 aliphatic heterocycles. The number of hydrogen-bond acceptors (Lipinski definition) is 12. The number of thiazole rings is 1. The molecule has 6 heterocycles. The standard InChI is InChI=1S/C31H29ClN8O7S3/c1-31(2,29(45)46)47-37-21(22-24(32)50-30(35)36-22)20(41)8-18-26(42)40-23(28(43)44)16(13-49-27(18)40)9-38-5-3-14-4-6-39(19(14)11-38)10-17-7-15(12-48-17)25(33)34/h3-7,11-12,18,27H,8-10,13H2,1-2H3,(H6-,33,34,35,36,43,44,45,46)/p+1/b37-21+/t18-,27-/m1/s1. The number of amides is 1. The molecule has 15 nitrogen and oxygen atoms in total. The predicted molar refractivity (Wildman–Crippen MR) is 188 cm³/mol. The number of nitrogens with zero attached hydrogens (tertiary/aromatic N) is 5. The summed E-state index contributed by atoms with van der Waals surface area (Å²) in [5.41, 5.74) is 11.1. The molecule has 0 unspecified atom stereocenters. The molecule has 0 saturated carbocycles. The van der Waals surface area contributed by atoms with Gasteiger partial charge < -0.3 is 31.1 Å². The van der Waals surface area contributed by atoms with Crippen molar-refractivity contribution in [2.45, 2.75) is 44.3 Å². The summed E-state index contributed by atoms with van der Waals surface area (Å²) in [4.78, 5) is 62.7. The van der Waals surface area contributed by atoms with Crippen LogP contribution in [0.25, 0.3) is 10.9 Å². The first-order valence-electron chi connectivity index (χ1n) is 14.9. The minimum atomic E-state index is -1.80. The van der Waals surface area contributed by atoms with E-state index in [9.17, 15) is 29.4 Å². The Kier molecular flexibility index (Phi) is 9.47. The van der Waals surface area contributed by atoms with Crippen LogP contribution < -0.4 is 16.0 Å². The first-order valence-corrected chi connectivity index (χ1v) is 18.0. The number of β-lactam (4-membered cyclic amide) rings is 1. The van der Waals surface area contributed by atoms with E-state index in [2.05, 4.69) is 14.7 Å². The number of carbonyl (C=O) groups excluding carboxylic acids is 2. The third-order valence-corrected chi connectivity index (χ3v) is 11.6. The smallest absolute Gasteiger partial charge is 0.352 e. The summed E-state index contributed by atoms with van der Waals surface area (Å²) >= 11 is 9.98. The molecule has 1 amide bonds. The van der Waals surface area contributed by atoms with Gasteiger partial charge in [-0.3, -0.25) is 19.9 Å². The molecular formula is C31H30ClN8O7S3+. The third kappa shape index (κ3) is 6.70. The van der Waals surface area contributed by atoms with E-state index in [0.29, 0.717) is 23.4 Å². The number of nitrogen functional groups attached to an aromatic ring is 2. The molecule has 19 heteroatoms. The summed E-state index contributed by atoms with van der Waals surface area (Å²) in [5.74, 6) is -4.42. The zero-order valence-electron chi connectivity index (χ0n) is 26.5. The number of thioether (sulfide) groups is 1. The largest absolute Gasteiger partial charge is 0.478 e. The fraction of sp³-hybridized carbons (Fsp3) is 0.290. The maximum Gasteiger partial charge on any atom is 0.352 e. The molecule has 0 spiro atoms. The van der Waals surface area contributed by atoms with Crippen molar-refractivity contribution in [1.82, 2.24) is 14.5 Å². The van der Waals surface area contributed by atoms with E-state index in [1.165, 1.54) is 41.8 Å². The van der Waals surface area contributed by atoms with Crippen LogP contribution in [0.15, 0.2) is 58.6 Å². The fourth-order valence-corrected chi connectivity index (χ4v) is 8.73. The Morgan fingerprint density at radius 3 is 2.68 bits per heavy atom. The second-order valence-corrected chi connectivity index (χ2v) is 15.8. The van der Waals surface area contributed by atoms with Gasteiger partial charge in [0.05, 0.1) is 17.8 Å². The Morgan fingerprint density at radius 1 is 1.28 bits per heavy atom. The Bertz CT molecular complexity index is 2150. The molecule has 6 rings (SSSR count). The lowest BCUT2D eigenvalue weighted by molar-refractivity contribution is -0.687. The lowest BCUT2D eigenvalue weighted by Crippen LogP contribution is -2.62. The number of fused-ring (bicyclic) bond motifs is 2. The lowest BCUT2D eigenvalue weighted by atomic mass is 9.89. The van der Waals surface area contributed by atoms with Gasteiger partial charge in [-0.15, -0.1) is 23.1 Å². The number of halogens is 1. The van der Waals surface area contributed by atoms with E-state index in [-0.39, 0.29) is 39.7 Å².